The Labute approximate surface area is 108 Å². The molecular formula is C11H11ClN4O2. The lowest BCUT2D eigenvalue weighted by molar-refractivity contribution is -0.116. The Balaban J connectivity index is 1.91. The number of phenolic OH excluding ortho intramolecular Hbond substituents is 1. The van der Waals surface area contributed by atoms with Crippen LogP contribution in [-0.2, 0) is 11.3 Å². The summed E-state index contributed by atoms with van der Waals surface area (Å²) in [6.07, 6.45) is 3.50. The predicted molar refractivity (Wildman–Crippen MR) is 66.4 cm³/mol. The number of anilines is 1. The second-order valence-corrected chi connectivity index (χ2v) is 4.04. The number of carbonyl (C=O) groups excluding carboxylic acids is 1. The van der Waals surface area contributed by atoms with E-state index in [4.69, 9.17) is 11.6 Å². The van der Waals surface area contributed by atoms with Crippen LogP contribution in [0.25, 0.3) is 0 Å². The van der Waals surface area contributed by atoms with Crippen molar-refractivity contribution in [2.45, 2.75) is 13.0 Å². The van der Waals surface area contributed by atoms with Crippen LogP contribution in [0.15, 0.2) is 30.6 Å². The molecule has 0 bridgehead atoms. The highest BCUT2D eigenvalue weighted by Crippen LogP contribution is 2.25. The highest BCUT2D eigenvalue weighted by atomic mass is 35.5. The van der Waals surface area contributed by atoms with Crippen LogP contribution in [0, 0.1) is 0 Å². The van der Waals surface area contributed by atoms with E-state index in [0.717, 1.165) is 0 Å². The van der Waals surface area contributed by atoms with Gasteiger partial charge in [0, 0.05) is 18.7 Å². The van der Waals surface area contributed by atoms with E-state index < -0.39 is 0 Å². The fourth-order valence-corrected chi connectivity index (χ4v) is 1.61. The predicted octanol–water partition coefficient (Wildman–Crippen LogP) is 1.67. The molecule has 0 radical (unpaired) electrons. The highest BCUT2D eigenvalue weighted by Gasteiger charge is 2.06. The van der Waals surface area contributed by atoms with E-state index in [2.05, 4.69) is 15.6 Å². The van der Waals surface area contributed by atoms with Gasteiger partial charge in [0.25, 0.3) is 0 Å². The van der Waals surface area contributed by atoms with Gasteiger partial charge in [-0.25, -0.2) is 0 Å². The summed E-state index contributed by atoms with van der Waals surface area (Å²) in [7, 11) is 0. The van der Waals surface area contributed by atoms with Crippen LogP contribution in [0.2, 0.25) is 5.02 Å². The van der Waals surface area contributed by atoms with Crippen LogP contribution >= 0.6 is 11.6 Å². The number of halogens is 1. The van der Waals surface area contributed by atoms with Crippen molar-refractivity contribution in [2.24, 2.45) is 0 Å². The minimum absolute atomic E-state index is 0.0561. The molecule has 94 valence electrons. The van der Waals surface area contributed by atoms with Crippen molar-refractivity contribution in [3.05, 3.63) is 35.6 Å². The summed E-state index contributed by atoms with van der Waals surface area (Å²) in [5.41, 5.74) is 0.470. The number of carbonyl (C=O) groups is 1. The molecule has 0 saturated heterocycles. The third-order valence-corrected chi connectivity index (χ3v) is 2.58. The van der Waals surface area contributed by atoms with Crippen molar-refractivity contribution in [3.63, 3.8) is 0 Å². The van der Waals surface area contributed by atoms with E-state index in [1.54, 1.807) is 23.1 Å². The Morgan fingerprint density at radius 2 is 2.33 bits per heavy atom. The number of hydrogen-bond donors (Lipinski definition) is 2. The van der Waals surface area contributed by atoms with E-state index in [-0.39, 0.29) is 18.1 Å². The molecular weight excluding hydrogens is 256 g/mol. The largest absolute Gasteiger partial charge is 0.508 e. The molecule has 0 atom stereocenters. The van der Waals surface area contributed by atoms with Crippen LogP contribution in [0.1, 0.15) is 6.42 Å². The number of hydrogen-bond acceptors (Lipinski definition) is 4. The van der Waals surface area contributed by atoms with Crippen LogP contribution in [0.4, 0.5) is 5.69 Å². The van der Waals surface area contributed by atoms with Crippen molar-refractivity contribution < 1.29 is 9.90 Å². The molecule has 0 spiro atoms. The monoisotopic (exact) mass is 266 g/mol. The fraction of sp³-hybridized carbons (Fsp3) is 0.182. The molecule has 1 amide bonds. The first kappa shape index (κ1) is 12.4. The van der Waals surface area contributed by atoms with Crippen molar-refractivity contribution >= 4 is 23.2 Å². The number of amides is 1. The normalized spacial score (nSPS) is 10.3. The number of benzene rings is 1. The summed E-state index contributed by atoms with van der Waals surface area (Å²) in [5.74, 6) is -0.126. The average molecular weight is 267 g/mol. The van der Waals surface area contributed by atoms with Crippen molar-refractivity contribution in [1.29, 1.82) is 0 Å². The number of nitrogens with zero attached hydrogens (tertiary/aromatic N) is 3. The minimum atomic E-state index is -0.182. The molecule has 1 aromatic heterocycles. The third-order valence-electron chi connectivity index (χ3n) is 2.27. The molecule has 0 aliphatic carbocycles. The first-order chi connectivity index (χ1) is 8.65. The zero-order valence-corrected chi connectivity index (χ0v) is 10.1. The van der Waals surface area contributed by atoms with Gasteiger partial charge in [-0.1, -0.05) is 16.8 Å². The van der Waals surface area contributed by atoms with Gasteiger partial charge in [-0.3, -0.25) is 9.48 Å². The third kappa shape index (κ3) is 3.21. The van der Waals surface area contributed by atoms with E-state index in [1.165, 1.54) is 12.1 Å². The van der Waals surface area contributed by atoms with E-state index in [9.17, 15) is 9.90 Å². The summed E-state index contributed by atoms with van der Waals surface area (Å²) in [5, 5.41) is 19.5. The van der Waals surface area contributed by atoms with Gasteiger partial charge in [0.1, 0.15) is 5.75 Å². The number of aryl methyl sites for hydroxylation is 1. The number of rotatable bonds is 4. The second kappa shape index (κ2) is 5.50. The standard InChI is InChI=1S/C11H11ClN4O2/c12-9-7-8(17)1-2-10(9)14-11(18)3-5-16-6-4-13-15-16/h1-2,4,6-7,17H,3,5H2,(H,14,18). The highest BCUT2D eigenvalue weighted by molar-refractivity contribution is 6.33. The lowest BCUT2D eigenvalue weighted by Gasteiger charge is -2.07. The van der Waals surface area contributed by atoms with Crippen LogP contribution < -0.4 is 5.32 Å². The van der Waals surface area contributed by atoms with E-state index in [1.807, 2.05) is 0 Å². The van der Waals surface area contributed by atoms with Crippen molar-refractivity contribution in [2.75, 3.05) is 5.32 Å². The quantitative estimate of drug-likeness (QED) is 0.825. The zero-order chi connectivity index (χ0) is 13.0. The van der Waals surface area contributed by atoms with Crippen LogP contribution in [-0.4, -0.2) is 26.0 Å². The Hall–Kier alpha value is -2.08. The molecule has 2 N–H and O–H groups in total. The summed E-state index contributed by atoms with van der Waals surface area (Å²) >= 11 is 5.87. The Morgan fingerprint density at radius 3 is 3.00 bits per heavy atom. The molecule has 0 aliphatic rings. The van der Waals surface area contributed by atoms with Gasteiger partial charge in [0.05, 0.1) is 23.5 Å². The molecule has 1 heterocycles. The van der Waals surface area contributed by atoms with Gasteiger partial charge >= 0.3 is 0 Å². The molecule has 18 heavy (non-hydrogen) atoms. The van der Waals surface area contributed by atoms with Gasteiger partial charge < -0.3 is 10.4 Å². The second-order valence-electron chi connectivity index (χ2n) is 3.63. The topological polar surface area (TPSA) is 80.0 Å². The lowest BCUT2D eigenvalue weighted by Crippen LogP contribution is -2.15. The Bertz CT molecular complexity index is 542. The summed E-state index contributed by atoms with van der Waals surface area (Å²) in [4.78, 5) is 11.7. The molecule has 0 aliphatic heterocycles. The first-order valence-corrected chi connectivity index (χ1v) is 5.65. The van der Waals surface area contributed by atoms with Gasteiger partial charge in [-0.2, -0.15) is 0 Å². The van der Waals surface area contributed by atoms with Crippen molar-refractivity contribution in [3.8, 4) is 5.75 Å². The number of nitrogens with one attached hydrogen (secondary N) is 1. The molecule has 2 rings (SSSR count). The minimum Gasteiger partial charge on any atom is -0.508 e. The fourth-order valence-electron chi connectivity index (χ4n) is 1.39. The van der Waals surface area contributed by atoms with E-state index in [0.29, 0.717) is 17.3 Å². The summed E-state index contributed by atoms with van der Waals surface area (Å²) in [6, 6.07) is 4.37. The summed E-state index contributed by atoms with van der Waals surface area (Å²) in [6.45, 7) is 0.446. The number of aromatic nitrogens is 3. The molecule has 2 aromatic rings. The molecule has 6 nitrogen and oxygen atoms in total. The molecule has 1 aromatic carbocycles. The average Bonchev–Trinajstić information content (AvgIpc) is 2.83. The van der Waals surface area contributed by atoms with Gasteiger partial charge in [-0.15, -0.1) is 5.10 Å². The van der Waals surface area contributed by atoms with Crippen LogP contribution in [0.3, 0.4) is 0 Å². The van der Waals surface area contributed by atoms with E-state index >= 15 is 0 Å². The van der Waals surface area contributed by atoms with Gasteiger partial charge in [0.15, 0.2) is 0 Å². The first-order valence-electron chi connectivity index (χ1n) is 5.27. The lowest BCUT2D eigenvalue weighted by atomic mass is 10.3. The zero-order valence-electron chi connectivity index (χ0n) is 9.38. The maximum atomic E-state index is 11.7. The van der Waals surface area contributed by atoms with Crippen molar-refractivity contribution in [1.82, 2.24) is 15.0 Å². The molecule has 0 saturated carbocycles. The SMILES string of the molecule is O=C(CCn1ccnn1)Nc1ccc(O)cc1Cl. The van der Waals surface area contributed by atoms with Crippen LogP contribution in [0.5, 0.6) is 5.75 Å². The van der Waals surface area contributed by atoms with Gasteiger partial charge in [0.2, 0.25) is 5.91 Å². The molecule has 0 fully saturated rings. The molecule has 7 heteroatoms. The molecule has 0 unspecified atom stereocenters. The smallest absolute Gasteiger partial charge is 0.226 e. The Kier molecular flexibility index (Phi) is 3.78. The maximum Gasteiger partial charge on any atom is 0.226 e. The van der Waals surface area contributed by atoms with Gasteiger partial charge in [-0.05, 0) is 12.1 Å². The number of phenols is 1. The maximum absolute atomic E-state index is 11.7. The summed E-state index contributed by atoms with van der Waals surface area (Å²) < 4.78 is 1.57. The number of aromatic hydroxyl groups is 1. The Morgan fingerprint density at radius 1 is 1.50 bits per heavy atom.